The molecule has 2 rings (SSSR count). The zero-order chi connectivity index (χ0) is 12.5. The first-order valence-corrected chi connectivity index (χ1v) is 6.15. The Kier molecular flexibility index (Phi) is 3.24. The average Bonchev–Trinajstić information content (AvgIpc) is 3.05. The van der Waals surface area contributed by atoms with Gasteiger partial charge in [0, 0.05) is 12.2 Å². The van der Waals surface area contributed by atoms with E-state index in [4.69, 9.17) is 11.6 Å². The third kappa shape index (κ3) is 2.52. The van der Waals surface area contributed by atoms with Crippen LogP contribution in [0.5, 0.6) is 0 Å². The Bertz CT molecular complexity index is 492. The van der Waals surface area contributed by atoms with Crippen molar-refractivity contribution in [2.24, 2.45) is 0 Å². The van der Waals surface area contributed by atoms with Crippen LogP contribution in [0.3, 0.4) is 0 Å². The highest BCUT2D eigenvalue weighted by Gasteiger charge is 2.43. The second kappa shape index (κ2) is 4.53. The molecule has 92 valence electrons. The van der Waals surface area contributed by atoms with Crippen molar-refractivity contribution in [3.8, 4) is 0 Å². The molecule has 0 unspecified atom stereocenters. The van der Waals surface area contributed by atoms with Crippen molar-refractivity contribution in [1.82, 2.24) is 10.3 Å². The number of pyridine rings is 1. The van der Waals surface area contributed by atoms with Gasteiger partial charge in [0.15, 0.2) is 0 Å². The fourth-order valence-electron chi connectivity index (χ4n) is 1.63. The molecule has 0 saturated heterocycles. The van der Waals surface area contributed by atoms with E-state index < -0.39 is 4.87 Å². The van der Waals surface area contributed by atoms with Gasteiger partial charge in [0.1, 0.15) is 5.56 Å². The summed E-state index contributed by atoms with van der Waals surface area (Å²) >= 11 is 6.19. The summed E-state index contributed by atoms with van der Waals surface area (Å²) in [6, 6.07) is 3.27. The van der Waals surface area contributed by atoms with Gasteiger partial charge in [0.2, 0.25) is 0 Å². The first-order valence-electron chi connectivity index (χ1n) is 5.78. The first-order chi connectivity index (χ1) is 8.07. The van der Waals surface area contributed by atoms with E-state index >= 15 is 0 Å². The number of aromatic nitrogens is 1. The largest absolute Gasteiger partial charge is 0.352 e. The van der Waals surface area contributed by atoms with E-state index in [1.807, 2.05) is 6.92 Å². The number of hydrogen-bond acceptors (Lipinski definition) is 2. The molecule has 5 heteroatoms. The van der Waals surface area contributed by atoms with E-state index in [1.165, 1.54) is 0 Å². The molecular formula is C12H15ClN2O2. The number of halogens is 1. The molecule has 17 heavy (non-hydrogen) atoms. The van der Waals surface area contributed by atoms with Gasteiger partial charge in [0.25, 0.3) is 11.5 Å². The lowest BCUT2D eigenvalue weighted by molar-refractivity contribution is 0.0952. The predicted molar refractivity (Wildman–Crippen MR) is 66.5 cm³/mol. The van der Waals surface area contributed by atoms with Crippen molar-refractivity contribution < 1.29 is 4.79 Å². The molecule has 1 fully saturated rings. The number of aromatic amines is 1. The lowest BCUT2D eigenvalue weighted by Crippen LogP contribution is -2.30. The van der Waals surface area contributed by atoms with Crippen LogP contribution in [-0.4, -0.2) is 17.4 Å². The van der Waals surface area contributed by atoms with Crippen LogP contribution in [0.2, 0.25) is 0 Å². The van der Waals surface area contributed by atoms with E-state index in [1.54, 1.807) is 12.1 Å². The maximum atomic E-state index is 11.7. The third-order valence-corrected chi connectivity index (χ3v) is 3.44. The molecule has 1 heterocycles. The van der Waals surface area contributed by atoms with Crippen LogP contribution in [0.1, 0.15) is 42.2 Å². The molecular weight excluding hydrogens is 240 g/mol. The molecule has 0 aromatic carbocycles. The summed E-state index contributed by atoms with van der Waals surface area (Å²) in [5, 5.41) is 2.67. The van der Waals surface area contributed by atoms with Crippen molar-refractivity contribution in [1.29, 1.82) is 0 Å². The molecule has 2 N–H and O–H groups in total. The van der Waals surface area contributed by atoms with Crippen molar-refractivity contribution in [3.05, 3.63) is 33.7 Å². The average molecular weight is 255 g/mol. The van der Waals surface area contributed by atoms with Crippen LogP contribution in [0.15, 0.2) is 16.9 Å². The summed E-state index contributed by atoms with van der Waals surface area (Å²) in [6.45, 7) is 2.53. The number of alkyl halides is 1. The number of carbonyl (C=O) groups excluding carboxylic acids is 1. The van der Waals surface area contributed by atoms with Gasteiger partial charge >= 0.3 is 0 Å². The molecule has 1 aromatic heterocycles. The normalized spacial score (nSPS) is 16.6. The van der Waals surface area contributed by atoms with E-state index in [0.717, 1.165) is 19.3 Å². The number of nitrogens with one attached hydrogen (secondary N) is 2. The third-order valence-electron chi connectivity index (χ3n) is 2.86. The van der Waals surface area contributed by atoms with Gasteiger partial charge < -0.3 is 10.3 Å². The van der Waals surface area contributed by atoms with Crippen molar-refractivity contribution in [2.75, 3.05) is 6.54 Å². The number of hydrogen-bond donors (Lipinski definition) is 2. The molecule has 1 saturated carbocycles. The van der Waals surface area contributed by atoms with Gasteiger partial charge in [-0.1, -0.05) is 6.92 Å². The lowest BCUT2D eigenvalue weighted by Gasteiger charge is -2.07. The Labute approximate surface area is 104 Å². The Morgan fingerprint density at radius 2 is 2.24 bits per heavy atom. The van der Waals surface area contributed by atoms with E-state index in [2.05, 4.69) is 10.3 Å². The first kappa shape index (κ1) is 12.2. The molecule has 1 amide bonds. The van der Waals surface area contributed by atoms with Gasteiger partial charge in [-0.25, -0.2) is 0 Å². The number of amides is 1. The van der Waals surface area contributed by atoms with Crippen molar-refractivity contribution >= 4 is 17.5 Å². The second-order valence-electron chi connectivity index (χ2n) is 4.34. The van der Waals surface area contributed by atoms with Crippen LogP contribution in [0.25, 0.3) is 0 Å². The summed E-state index contributed by atoms with van der Waals surface area (Å²) in [5.74, 6) is -0.334. The molecule has 0 spiro atoms. The summed E-state index contributed by atoms with van der Waals surface area (Å²) in [4.78, 5) is 25.7. The Hall–Kier alpha value is -1.29. The van der Waals surface area contributed by atoms with E-state index in [9.17, 15) is 9.59 Å². The van der Waals surface area contributed by atoms with E-state index in [-0.39, 0.29) is 17.0 Å². The standard InChI is InChI=1S/C12H15ClN2O2/c1-2-7-14-10(16)8-3-4-9(15-11(8)17)12(13)5-6-12/h3-4H,2,5-7H2,1H3,(H,14,16)(H,15,17). The SMILES string of the molecule is CCCNC(=O)c1ccc(C2(Cl)CC2)[nH]c1=O. The smallest absolute Gasteiger partial charge is 0.261 e. The molecule has 1 aromatic rings. The molecule has 0 atom stereocenters. The van der Waals surface area contributed by atoms with Gasteiger partial charge in [-0.3, -0.25) is 9.59 Å². The van der Waals surface area contributed by atoms with E-state index in [0.29, 0.717) is 12.2 Å². The summed E-state index contributed by atoms with van der Waals surface area (Å²) in [5.41, 5.74) is 0.474. The van der Waals surface area contributed by atoms with Crippen LogP contribution in [0.4, 0.5) is 0 Å². The maximum absolute atomic E-state index is 11.7. The summed E-state index contributed by atoms with van der Waals surface area (Å²) in [7, 11) is 0. The van der Waals surface area contributed by atoms with Crippen molar-refractivity contribution in [3.63, 3.8) is 0 Å². The van der Waals surface area contributed by atoms with Gasteiger partial charge in [0.05, 0.1) is 4.87 Å². The van der Waals surface area contributed by atoms with Gasteiger partial charge in [-0.15, -0.1) is 11.6 Å². The van der Waals surface area contributed by atoms with Crippen LogP contribution in [-0.2, 0) is 4.87 Å². The summed E-state index contributed by atoms with van der Waals surface area (Å²) < 4.78 is 0. The topological polar surface area (TPSA) is 62.0 Å². The molecule has 1 aliphatic carbocycles. The quantitative estimate of drug-likeness (QED) is 0.804. The second-order valence-corrected chi connectivity index (χ2v) is 5.06. The lowest BCUT2D eigenvalue weighted by atomic mass is 10.2. The molecule has 4 nitrogen and oxygen atoms in total. The predicted octanol–water partition coefficient (Wildman–Crippen LogP) is 1.74. The zero-order valence-electron chi connectivity index (χ0n) is 9.68. The highest BCUT2D eigenvalue weighted by atomic mass is 35.5. The fourth-order valence-corrected chi connectivity index (χ4v) is 1.83. The highest BCUT2D eigenvalue weighted by molar-refractivity contribution is 6.25. The maximum Gasteiger partial charge on any atom is 0.261 e. The van der Waals surface area contributed by atoms with Crippen LogP contribution >= 0.6 is 11.6 Å². The minimum absolute atomic E-state index is 0.142. The molecule has 1 aliphatic rings. The minimum atomic E-state index is -0.405. The van der Waals surface area contributed by atoms with Crippen LogP contribution in [0, 0.1) is 0 Å². The Balaban J connectivity index is 2.20. The minimum Gasteiger partial charge on any atom is -0.352 e. The molecule has 0 aliphatic heterocycles. The monoisotopic (exact) mass is 254 g/mol. The number of carbonyl (C=O) groups is 1. The van der Waals surface area contributed by atoms with Gasteiger partial charge in [-0.2, -0.15) is 0 Å². The Morgan fingerprint density at radius 3 is 2.76 bits per heavy atom. The Morgan fingerprint density at radius 1 is 1.53 bits per heavy atom. The highest BCUT2D eigenvalue weighted by Crippen LogP contribution is 2.50. The van der Waals surface area contributed by atoms with Crippen molar-refractivity contribution in [2.45, 2.75) is 31.1 Å². The fraction of sp³-hybridized carbons (Fsp3) is 0.500. The number of H-pyrrole nitrogens is 1. The van der Waals surface area contributed by atoms with Crippen LogP contribution < -0.4 is 10.9 Å². The summed E-state index contributed by atoms with van der Waals surface area (Å²) in [6.07, 6.45) is 2.57. The zero-order valence-corrected chi connectivity index (χ0v) is 10.4. The number of rotatable bonds is 4. The molecule has 0 bridgehead atoms. The van der Waals surface area contributed by atoms with Gasteiger partial charge in [-0.05, 0) is 31.4 Å². The molecule has 0 radical (unpaired) electrons.